The lowest BCUT2D eigenvalue weighted by Crippen LogP contribution is -2.46. The molecule has 6 aromatic rings. The highest BCUT2D eigenvalue weighted by Crippen LogP contribution is 2.48. The average Bonchev–Trinajstić information content (AvgIpc) is 3.32. The van der Waals surface area contributed by atoms with Gasteiger partial charge in [0, 0.05) is 19.3 Å². The Kier molecular flexibility index (Phi) is 13.9. The second kappa shape index (κ2) is 19.8. The molecule has 1 N–H and O–H groups in total. The Morgan fingerprint density at radius 1 is 0.435 bits per heavy atom. The molecule has 0 aliphatic heterocycles. The van der Waals surface area contributed by atoms with Gasteiger partial charge in [-0.05, 0) is 81.9 Å². The minimum absolute atomic E-state index is 0.264. The monoisotopic (exact) mass is 836 g/mol. The number of carboxylic acids is 1. The van der Waals surface area contributed by atoms with Crippen LogP contribution in [0, 0.1) is 0 Å². The zero-order valence-corrected chi connectivity index (χ0v) is 35.4. The Hall–Kier alpha value is -6.62. The number of esters is 1. The molecule has 0 saturated heterocycles. The Balaban J connectivity index is 1.38. The zero-order valence-electron chi connectivity index (χ0n) is 35.4. The van der Waals surface area contributed by atoms with E-state index in [0.29, 0.717) is 42.3 Å². The molecule has 7 rings (SSSR count). The third kappa shape index (κ3) is 9.47. The molecule has 0 radical (unpaired) electrons. The molecule has 2 atom stereocenters. The van der Waals surface area contributed by atoms with Crippen LogP contribution in [-0.2, 0) is 35.0 Å². The smallest absolute Gasteiger partial charge is 0.306 e. The normalized spacial score (nSPS) is 16.5. The Morgan fingerprint density at radius 3 is 1.02 bits per heavy atom. The van der Waals surface area contributed by atoms with E-state index in [1.165, 1.54) is 0 Å². The van der Waals surface area contributed by atoms with Crippen LogP contribution in [-0.4, -0.2) is 63.8 Å². The Labute approximate surface area is 362 Å². The fourth-order valence-electron chi connectivity index (χ4n) is 8.47. The third-order valence-electron chi connectivity index (χ3n) is 11.5. The molecular weight excluding hydrogens is 785 g/mol. The first-order valence-corrected chi connectivity index (χ1v) is 20.7. The van der Waals surface area contributed by atoms with Crippen LogP contribution >= 0.6 is 0 Å². The summed E-state index contributed by atoms with van der Waals surface area (Å²) in [6.45, 7) is 0. The van der Waals surface area contributed by atoms with E-state index in [1.54, 1.807) is 28.4 Å². The van der Waals surface area contributed by atoms with Crippen molar-refractivity contribution in [2.45, 2.75) is 61.6 Å². The number of hydrogen-bond acceptors (Lipinski definition) is 9. The van der Waals surface area contributed by atoms with Crippen molar-refractivity contribution in [2.24, 2.45) is 0 Å². The summed E-state index contributed by atoms with van der Waals surface area (Å²) in [5.41, 5.74) is 2.81. The summed E-state index contributed by atoms with van der Waals surface area (Å²) < 4.78 is 43.8. The molecule has 320 valence electrons. The molecule has 0 heterocycles. The van der Waals surface area contributed by atoms with Gasteiger partial charge in [-0.2, -0.15) is 0 Å². The number of methoxy groups -OCH3 is 4. The fourth-order valence-corrected chi connectivity index (χ4v) is 8.47. The molecule has 1 aliphatic carbocycles. The first kappa shape index (κ1) is 43.5. The predicted molar refractivity (Wildman–Crippen MR) is 235 cm³/mol. The van der Waals surface area contributed by atoms with Gasteiger partial charge in [-0.1, -0.05) is 109 Å². The molecule has 6 aromatic carbocycles. The lowest BCUT2D eigenvalue weighted by Gasteiger charge is -2.45. The predicted octanol–water partition coefficient (Wildman–Crippen LogP) is 9.74. The summed E-state index contributed by atoms with van der Waals surface area (Å²) in [6, 6.07) is 51.4. The lowest BCUT2D eigenvalue weighted by atomic mass is 9.78. The summed E-state index contributed by atoms with van der Waals surface area (Å²) in [4.78, 5) is 24.9. The highest BCUT2D eigenvalue weighted by atomic mass is 16.6. The summed E-state index contributed by atoms with van der Waals surface area (Å²) in [5, 5.41) is 9.41. The van der Waals surface area contributed by atoms with Gasteiger partial charge in [-0.15, -0.1) is 0 Å². The molecule has 10 heteroatoms. The Morgan fingerprint density at radius 2 is 0.726 bits per heavy atom. The maximum absolute atomic E-state index is 13.4. The van der Waals surface area contributed by atoms with Crippen LogP contribution in [0.2, 0.25) is 0 Å². The SMILES string of the molecule is COc1ccc(C(O[C@@H]2CC(OC(=O)CCC(=O)O)C[C@@H](OC(c3ccccc3)(c3ccc(OC)cc3)c3ccc(OC)cc3)C2)(c2ccccc2)c2ccc(OC)cc2)cc1. The highest BCUT2D eigenvalue weighted by molar-refractivity contribution is 5.76. The average molecular weight is 837 g/mol. The minimum Gasteiger partial charge on any atom is -0.497 e. The number of ether oxygens (including phenoxy) is 7. The molecule has 0 spiro atoms. The standard InChI is InChI=1S/C52H52O10/c1-56-42-23-15-38(16-24-42)51(36-11-7-5-8-12-36,39-17-25-43(57-2)26-18-39)61-47-33-46(60-50(55)32-31-49(53)54)34-48(35-47)62-52(37-13-9-6-10-14-37,40-19-27-44(58-3)28-20-40)41-21-29-45(59-4)30-22-41/h5-30,46-48H,31-35H2,1-4H3,(H,53,54)/t47-,48-/m1/s1. The maximum atomic E-state index is 13.4. The van der Waals surface area contributed by atoms with E-state index in [9.17, 15) is 14.7 Å². The van der Waals surface area contributed by atoms with Crippen molar-refractivity contribution in [2.75, 3.05) is 28.4 Å². The van der Waals surface area contributed by atoms with Gasteiger partial charge in [-0.3, -0.25) is 9.59 Å². The number of carboxylic acid groups (broad SMARTS) is 1. The molecule has 0 aromatic heterocycles. The number of aliphatic carboxylic acids is 1. The van der Waals surface area contributed by atoms with Crippen molar-refractivity contribution in [3.05, 3.63) is 191 Å². The Bertz CT molecular complexity index is 2100. The molecule has 1 saturated carbocycles. The number of carbonyl (C=O) groups excluding carboxylic acids is 1. The molecule has 0 unspecified atom stereocenters. The van der Waals surface area contributed by atoms with E-state index in [4.69, 9.17) is 33.2 Å². The van der Waals surface area contributed by atoms with Gasteiger partial charge in [-0.25, -0.2) is 0 Å². The third-order valence-corrected chi connectivity index (χ3v) is 11.5. The number of hydrogen-bond donors (Lipinski definition) is 1. The topological polar surface area (TPSA) is 119 Å². The van der Waals surface area contributed by atoms with Crippen molar-refractivity contribution in [1.29, 1.82) is 0 Å². The van der Waals surface area contributed by atoms with Crippen LogP contribution in [0.3, 0.4) is 0 Å². The van der Waals surface area contributed by atoms with E-state index in [-0.39, 0.29) is 12.8 Å². The van der Waals surface area contributed by atoms with Crippen LogP contribution in [0.25, 0.3) is 0 Å². The van der Waals surface area contributed by atoms with Gasteiger partial charge >= 0.3 is 11.9 Å². The summed E-state index contributed by atoms with van der Waals surface area (Å²) in [6.07, 6.45) is -1.35. The zero-order chi connectivity index (χ0) is 43.5. The van der Waals surface area contributed by atoms with Crippen LogP contribution in [0.5, 0.6) is 23.0 Å². The van der Waals surface area contributed by atoms with Gasteiger partial charge in [0.05, 0.1) is 53.5 Å². The summed E-state index contributed by atoms with van der Waals surface area (Å²) in [7, 11) is 6.53. The second-order valence-electron chi connectivity index (χ2n) is 15.2. The first-order valence-electron chi connectivity index (χ1n) is 20.7. The molecule has 0 bridgehead atoms. The molecule has 10 nitrogen and oxygen atoms in total. The molecule has 0 amide bonds. The van der Waals surface area contributed by atoms with E-state index in [1.807, 2.05) is 158 Å². The van der Waals surface area contributed by atoms with Gasteiger partial charge < -0.3 is 38.3 Å². The molecule has 62 heavy (non-hydrogen) atoms. The van der Waals surface area contributed by atoms with Crippen LogP contribution in [0.1, 0.15) is 65.5 Å². The largest absolute Gasteiger partial charge is 0.497 e. The van der Waals surface area contributed by atoms with Crippen molar-refractivity contribution in [3.63, 3.8) is 0 Å². The van der Waals surface area contributed by atoms with Gasteiger partial charge in [0.15, 0.2) is 0 Å². The van der Waals surface area contributed by atoms with Gasteiger partial charge in [0.1, 0.15) is 40.3 Å². The van der Waals surface area contributed by atoms with Crippen LogP contribution in [0.15, 0.2) is 158 Å². The maximum Gasteiger partial charge on any atom is 0.306 e. The van der Waals surface area contributed by atoms with Gasteiger partial charge in [0.25, 0.3) is 0 Å². The van der Waals surface area contributed by atoms with Crippen molar-refractivity contribution in [1.82, 2.24) is 0 Å². The van der Waals surface area contributed by atoms with E-state index in [2.05, 4.69) is 0 Å². The van der Waals surface area contributed by atoms with E-state index >= 15 is 0 Å². The number of benzene rings is 6. The van der Waals surface area contributed by atoms with Crippen molar-refractivity contribution in [3.8, 4) is 23.0 Å². The first-order chi connectivity index (χ1) is 30.2. The van der Waals surface area contributed by atoms with Crippen molar-refractivity contribution < 1.29 is 47.9 Å². The molecule has 1 aliphatic rings. The second-order valence-corrected chi connectivity index (χ2v) is 15.2. The summed E-state index contributed by atoms with van der Waals surface area (Å²) >= 11 is 0. The molecular formula is C52H52O10. The summed E-state index contributed by atoms with van der Waals surface area (Å²) in [5.74, 6) is 1.10. The fraction of sp³-hybridized carbons (Fsp3) is 0.269. The van der Waals surface area contributed by atoms with Crippen molar-refractivity contribution >= 4 is 11.9 Å². The number of rotatable bonds is 18. The van der Waals surface area contributed by atoms with E-state index in [0.717, 1.165) is 33.4 Å². The molecule has 1 fully saturated rings. The number of carbonyl (C=O) groups is 2. The van der Waals surface area contributed by atoms with Crippen LogP contribution < -0.4 is 18.9 Å². The van der Waals surface area contributed by atoms with Gasteiger partial charge in [0.2, 0.25) is 0 Å². The van der Waals surface area contributed by atoms with E-state index < -0.39 is 41.5 Å². The van der Waals surface area contributed by atoms with Crippen LogP contribution in [0.4, 0.5) is 0 Å². The quantitative estimate of drug-likeness (QED) is 0.0662. The minimum atomic E-state index is -1.17. The highest BCUT2D eigenvalue weighted by Gasteiger charge is 2.46. The lowest BCUT2D eigenvalue weighted by molar-refractivity contribution is -0.171.